The summed E-state index contributed by atoms with van der Waals surface area (Å²) in [5, 5.41) is 2.57. The van der Waals surface area contributed by atoms with E-state index in [0.29, 0.717) is 6.29 Å². The van der Waals surface area contributed by atoms with Gasteiger partial charge in [0.25, 0.3) is 0 Å². The Morgan fingerprint density at radius 3 is 2.62 bits per heavy atom. The number of anilines is 1. The summed E-state index contributed by atoms with van der Waals surface area (Å²) >= 11 is 2.90. The molecule has 0 aliphatic heterocycles. The van der Waals surface area contributed by atoms with E-state index in [1.54, 1.807) is 0 Å². The third kappa shape index (κ3) is 3.69. The zero-order valence-corrected chi connectivity index (χ0v) is 9.47. The lowest BCUT2D eigenvalue weighted by molar-refractivity contribution is -0.137. The van der Waals surface area contributed by atoms with Crippen molar-refractivity contribution in [2.45, 2.75) is 6.18 Å². The highest BCUT2D eigenvalue weighted by molar-refractivity contribution is 9.12. The van der Waals surface area contributed by atoms with Crippen LogP contribution in [0.2, 0.25) is 0 Å². The minimum atomic E-state index is -4.37. The Labute approximate surface area is 98.3 Å². The number of carbonyl (C=O) groups is 1. The fraction of sp³-hybridized carbons (Fsp3) is 0.100. The third-order valence-electron chi connectivity index (χ3n) is 1.68. The summed E-state index contributed by atoms with van der Waals surface area (Å²) in [5.41, 5.74) is -0.484. The number of allylic oxidation sites excluding steroid dienone is 1. The van der Waals surface area contributed by atoms with Crippen LogP contribution in [0.1, 0.15) is 5.56 Å². The molecular formula is C10H7BrF3NO. The van der Waals surface area contributed by atoms with Gasteiger partial charge in [0, 0.05) is 11.9 Å². The second kappa shape index (κ2) is 5.16. The number of hydrogen-bond donors (Lipinski definition) is 1. The minimum absolute atomic E-state index is 0.213. The molecule has 0 aliphatic carbocycles. The number of carbonyl (C=O) groups excluding carboxylic acids is 1. The Morgan fingerprint density at radius 1 is 1.38 bits per heavy atom. The molecule has 1 rings (SSSR count). The highest BCUT2D eigenvalue weighted by atomic mass is 79.9. The van der Waals surface area contributed by atoms with Gasteiger partial charge in [-0.2, -0.15) is 13.2 Å². The van der Waals surface area contributed by atoms with E-state index in [-0.39, 0.29) is 10.2 Å². The number of hydrogen-bond acceptors (Lipinski definition) is 2. The van der Waals surface area contributed by atoms with E-state index < -0.39 is 11.7 Å². The van der Waals surface area contributed by atoms with Crippen LogP contribution < -0.4 is 5.32 Å². The van der Waals surface area contributed by atoms with E-state index in [0.717, 1.165) is 12.1 Å². The molecule has 16 heavy (non-hydrogen) atoms. The molecule has 0 saturated heterocycles. The fourth-order valence-electron chi connectivity index (χ4n) is 0.972. The van der Waals surface area contributed by atoms with Crippen LogP contribution in [-0.2, 0) is 11.0 Å². The van der Waals surface area contributed by atoms with Crippen molar-refractivity contribution in [1.82, 2.24) is 0 Å². The van der Waals surface area contributed by atoms with Crippen LogP contribution in [0.5, 0.6) is 0 Å². The molecule has 0 unspecified atom stereocenters. The maximum atomic E-state index is 12.3. The van der Waals surface area contributed by atoms with Crippen LogP contribution in [0.15, 0.2) is 34.9 Å². The maximum absolute atomic E-state index is 12.3. The van der Waals surface area contributed by atoms with Gasteiger partial charge in [-0.15, -0.1) is 0 Å². The van der Waals surface area contributed by atoms with Gasteiger partial charge in [-0.1, -0.05) is 6.07 Å². The topological polar surface area (TPSA) is 29.1 Å². The highest BCUT2D eigenvalue weighted by Crippen LogP contribution is 2.30. The number of nitrogens with one attached hydrogen (secondary N) is 1. The molecule has 0 radical (unpaired) electrons. The average Bonchev–Trinajstić information content (AvgIpc) is 2.25. The van der Waals surface area contributed by atoms with Gasteiger partial charge in [-0.3, -0.25) is 4.79 Å². The fourth-order valence-corrected chi connectivity index (χ4v) is 1.09. The van der Waals surface area contributed by atoms with Crippen molar-refractivity contribution in [3.63, 3.8) is 0 Å². The van der Waals surface area contributed by atoms with Crippen molar-refractivity contribution in [3.05, 3.63) is 40.5 Å². The quantitative estimate of drug-likeness (QED) is 0.682. The summed E-state index contributed by atoms with van der Waals surface area (Å²) < 4.78 is 37.2. The largest absolute Gasteiger partial charge is 0.416 e. The Hall–Kier alpha value is -1.30. The smallest absolute Gasteiger partial charge is 0.360 e. The molecule has 0 aliphatic rings. The minimum Gasteiger partial charge on any atom is -0.360 e. The van der Waals surface area contributed by atoms with Crippen LogP contribution in [0, 0.1) is 0 Å². The summed E-state index contributed by atoms with van der Waals surface area (Å²) in [4.78, 5) is 10.2. The van der Waals surface area contributed by atoms with Gasteiger partial charge in [-0.05, 0) is 34.1 Å². The van der Waals surface area contributed by atoms with Crippen LogP contribution in [-0.4, -0.2) is 6.29 Å². The molecule has 6 heteroatoms. The molecule has 0 amide bonds. The van der Waals surface area contributed by atoms with Gasteiger partial charge in [0.2, 0.25) is 0 Å². The van der Waals surface area contributed by atoms with Crippen molar-refractivity contribution in [2.24, 2.45) is 0 Å². The van der Waals surface area contributed by atoms with Crippen LogP contribution in [0.3, 0.4) is 0 Å². The summed E-state index contributed by atoms with van der Waals surface area (Å²) in [5.74, 6) is 0. The van der Waals surface area contributed by atoms with Crippen LogP contribution in [0.4, 0.5) is 18.9 Å². The first-order chi connectivity index (χ1) is 7.43. The van der Waals surface area contributed by atoms with E-state index >= 15 is 0 Å². The van der Waals surface area contributed by atoms with Gasteiger partial charge < -0.3 is 5.32 Å². The summed E-state index contributed by atoms with van der Waals surface area (Å²) in [6.45, 7) is 0. The predicted octanol–water partition coefficient (Wildman–Crippen LogP) is 3.55. The molecule has 2 nitrogen and oxygen atoms in total. The highest BCUT2D eigenvalue weighted by Gasteiger charge is 2.30. The maximum Gasteiger partial charge on any atom is 0.416 e. The monoisotopic (exact) mass is 293 g/mol. The Bertz CT molecular complexity index is 415. The SMILES string of the molecule is O=C/C(Br)=C\Nc1cccc(C(F)(F)F)c1. The van der Waals surface area contributed by atoms with Crippen molar-refractivity contribution in [2.75, 3.05) is 5.32 Å². The normalized spacial score (nSPS) is 12.4. The van der Waals surface area contributed by atoms with E-state index in [1.807, 2.05) is 0 Å². The molecule has 0 saturated carbocycles. The number of benzene rings is 1. The lowest BCUT2D eigenvalue weighted by Gasteiger charge is -2.08. The Balaban J connectivity index is 2.87. The zero-order chi connectivity index (χ0) is 12.2. The molecule has 0 fully saturated rings. The van der Waals surface area contributed by atoms with E-state index in [4.69, 9.17) is 0 Å². The molecule has 0 bridgehead atoms. The molecule has 1 N–H and O–H groups in total. The molecule has 0 spiro atoms. The van der Waals surface area contributed by atoms with Gasteiger partial charge in [0.15, 0.2) is 6.29 Å². The molecular weight excluding hydrogens is 287 g/mol. The zero-order valence-electron chi connectivity index (χ0n) is 7.88. The summed E-state index contributed by atoms with van der Waals surface area (Å²) in [7, 11) is 0. The van der Waals surface area contributed by atoms with Gasteiger partial charge in [0.1, 0.15) is 0 Å². The lowest BCUT2D eigenvalue weighted by atomic mass is 10.2. The van der Waals surface area contributed by atoms with Crippen LogP contribution in [0.25, 0.3) is 0 Å². The number of alkyl halides is 3. The van der Waals surface area contributed by atoms with Crippen molar-refractivity contribution in [1.29, 1.82) is 0 Å². The van der Waals surface area contributed by atoms with Crippen molar-refractivity contribution >= 4 is 27.9 Å². The predicted molar refractivity (Wildman–Crippen MR) is 58.1 cm³/mol. The second-order valence-corrected chi connectivity index (χ2v) is 3.79. The first kappa shape index (κ1) is 12.8. The molecule has 1 aromatic rings. The molecule has 0 atom stereocenters. The molecule has 0 aromatic heterocycles. The molecule has 1 aromatic carbocycles. The summed E-state index contributed by atoms with van der Waals surface area (Å²) in [6, 6.07) is 4.69. The Kier molecular flexibility index (Phi) is 4.12. The van der Waals surface area contributed by atoms with Gasteiger partial charge in [0.05, 0.1) is 10.0 Å². The second-order valence-electron chi connectivity index (χ2n) is 2.87. The third-order valence-corrected chi connectivity index (χ3v) is 2.10. The molecule has 0 heterocycles. The number of rotatable bonds is 3. The van der Waals surface area contributed by atoms with Gasteiger partial charge >= 0.3 is 6.18 Å². The van der Waals surface area contributed by atoms with Crippen molar-refractivity contribution in [3.8, 4) is 0 Å². The standard InChI is InChI=1S/C10H7BrF3NO/c11-8(6-16)5-15-9-3-1-2-7(4-9)10(12,13)14/h1-6,15H/b8-5+. The van der Waals surface area contributed by atoms with E-state index in [2.05, 4.69) is 21.2 Å². The number of aldehydes is 1. The van der Waals surface area contributed by atoms with Crippen LogP contribution >= 0.6 is 15.9 Å². The molecule has 86 valence electrons. The Morgan fingerprint density at radius 2 is 2.06 bits per heavy atom. The van der Waals surface area contributed by atoms with E-state index in [9.17, 15) is 18.0 Å². The number of halogens is 4. The van der Waals surface area contributed by atoms with Crippen molar-refractivity contribution < 1.29 is 18.0 Å². The first-order valence-electron chi connectivity index (χ1n) is 4.18. The summed E-state index contributed by atoms with van der Waals surface area (Å²) in [6.07, 6.45) is -2.58. The van der Waals surface area contributed by atoms with E-state index in [1.165, 1.54) is 18.3 Å². The average molecular weight is 294 g/mol. The lowest BCUT2D eigenvalue weighted by Crippen LogP contribution is -2.05. The first-order valence-corrected chi connectivity index (χ1v) is 4.97. The van der Waals surface area contributed by atoms with Gasteiger partial charge in [-0.25, -0.2) is 0 Å².